The number of hydrogen-bond donors (Lipinski definition) is 5. The Morgan fingerprint density at radius 3 is 2.22 bits per heavy atom. The van der Waals surface area contributed by atoms with Gasteiger partial charge in [0.25, 0.3) is 11.7 Å². The molecule has 3 aliphatic heterocycles. The van der Waals surface area contributed by atoms with E-state index in [1.165, 1.54) is 6.92 Å². The zero-order chi connectivity index (χ0) is 43.6. The van der Waals surface area contributed by atoms with Crippen molar-refractivity contribution in [2.75, 3.05) is 6.54 Å². The van der Waals surface area contributed by atoms with E-state index in [0.717, 1.165) is 4.90 Å². The second kappa shape index (κ2) is 22.0. The number of allylic oxidation sites excluding steroid dienone is 3. The number of piperidine rings is 1. The molecule has 3 heterocycles. The number of carbonyl (C=O) groups is 5. The number of rotatable bonds is 4. The summed E-state index contributed by atoms with van der Waals surface area (Å²) in [6.45, 7) is 15.6. The molecule has 3 rings (SSSR count). The first-order valence-electron chi connectivity index (χ1n) is 21.4. The van der Waals surface area contributed by atoms with Gasteiger partial charge < -0.3 is 39.9 Å². The topological polar surface area (TPSA) is 208 Å². The predicted molar refractivity (Wildman–Crippen MR) is 218 cm³/mol. The number of fused-ring (bicyclic) bond motifs is 3. The van der Waals surface area contributed by atoms with Gasteiger partial charge >= 0.3 is 5.97 Å². The Morgan fingerprint density at radius 2 is 1.59 bits per heavy atom. The fraction of sp³-hybridized carbons (Fsp3) is 0.756. The van der Waals surface area contributed by atoms with Crippen LogP contribution in [-0.2, 0) is 33.4 Å². The molecule has 0 aromatic heterocycles. The van der Waals surface area contributed by atoms with Gasteiger partial charge in [-0.25, -0.2) is 4.79 Å². The Kier molecular flexibility index (Phi) is 18.7. The molecule has 3 aliphatic rings. The zero-order valence-corrected chi connectivity index (χ0v) is 36.1. The minimum atomic E-state index is -2.54. The summed E-state index contributed by atoms with van der Waals surface area (Å²) in [6, 6.07) is -1.15. The van der Waals surface area contributed by atoms with Crippen LogP contribution in [0.5, 0.6) is 0 Å². The smallest absolute Gasteiger partial charge is 0.329 e. The van der Waals surface area contributed by atoms with Gasteiger partial charge in [0.15, 0.2) is 0 Å². The molecule has 0 aromatic rings. The zero-order valence-electron chi connectivity index (χ0n) is 36.1. The van der Waals surface area contributed by atoms with Crippen LogP contribution in [0.2, 0.25) is 0 Å². The molecule has 13 nitrogen and oxygen atoms in total. The maximum Gasteiger partial charge on any atom is 0.329 e. The van der Waals surface area contributed by atoms with Crippen LogP contribution in [-0.4, -0.2) is 115 Å². The van der Waals surface area contributed by atoms with Crippen molar-refractivity contribution < 1.29 is 59.0 Å². The molecule has 0 aliphatic carbocycles. The number of hydrogen-bond acceptors (Lipinski definition) is 12. The minimum Gasteiger partial charge on any atom is -0.452 e. The second-order valence-electron chi connectivity index (χ2n) is 17.6. The van der Waals surface area contributed by atoms with Crippen LogP contribution in [0.25, 0.3) is 0 Å². The molecule has 0 spiro atoms. The first-order valence-corrected chi connectivity index (χ1v) is 21.4. The van der Waals surface area contributed by atoms with E-state index < -0.39 is 89.8 Å². The highest BCUT2D eigenvalue weighted by Gasteiger charge is 2.53. The highest BCUT2D eigenvalue weighted by Crippen LogP contribution is 2.37. The highest BCUT2D eigenvalue weighted by atomic mass is 16.6. The van der Waals surface area contributed by atoms with Crippen molar-refractivity contribution in [2.45, 2.75) is 175 Å². The van der Waals surface area contributed by atoms with Gasteiger partial charge in [0, 0.05) is 42.6 Å². The normalized spacial score (nSPS) is 38.3. The Morgan fingerprint density at radius 1 is 0.931 bits per heavy atom. The van der Waals surface area contributed by atoms with Crippen molar-refractivity contribution in [1.29, 1.82) is 0 Å². The summed E-state index contributed by atoms with van der Waals surface area (Å²) >= 11 is 0. The van der Waals surface area contributed by atoms with Crippen molar-refractivity contribution >= 4 is 29.2 Å². The molecule has 1 amide bonds. The van der Waals surface area contributed by atoms with Crippen molar-refractivity contribution in [3.8, 4) is 0 Å². The number of carbonyl (C=O) groups excluding carboxylic acids is 5. The molecule has 0 radical (unpaired) electrons. The molecule has 0 saturated carbocycles. The van der Waals surface area contributed by atoms with E-state index in [1.807, 2.05) is 26.8 Å². The average molecular weight is 818 g/mol. The molecule has 14 unspecified atom stereocenters. The van der Waals surface area contributed by atoms with Gasteiger partial charge in [-0.05, 0) is 102 Å². The highest BCUT2D eigenvalue weighted by molar-refractivity contribution is 6.39. The predicted octanol–water partition coefficient (Wildman–Crippen LogP) is 4.55. The molecule has 2 bridgehead atoms. The van der Waals surface area contributed by atoms with Crippen LogP contribution in [0, 0.1) is 35.5 Å². The lowest BCUT2D eigenvalue weighted by atomic mass is 9.83. The standard InChI is InChI=1S/C45H71NO12/c1-10-33-15-17-40(28(5)21-26(3)32(9)47)57-44(55)36-13-11-12-18-46(36)43(54)42(53)45(56)30(7)14-16-35(58-45)24-39(51)31(8)38(50)23-34(48)22-37(49)27(4)19-25(2)20-29(6)41(33)52/h15,17,19,21,25-26,29-31,33-40,48-51,56H,10-14,16,18,20,22-24H2,1-9H3. The lowest BCUT2D eigenvalue weighted by Gasteiger charge is -2.43. The minimum absolute atomic E-state index is 0.0269. The summed E-state index contributed by atoms with van der Waals surface area (Å²) in [5, 5.41) is 55.6. The lowest BCUT2D eigenvalue weighted by molar-refractivity contribution is -0.266. The van der Waals surface area contributed by atoms with E-state index >= 15 is 0 Å². The lowest BCUT2D eigenvalue weighted by Crippen LogP contribution is -2.61. The molecule has 2 saturated heterocycles. The summed E-state index contributed by atoms with van der Waals surface area (Å²) < 4.78 is 12.0. The van der Waals surface area contributed by atoms with Gasteiger partial charge in [-0.15, -0.1) is 0 Å². The number of ketones is 3. The van der Waals surface area contributed by atoms with Gasteiger partial charge in [0.05, 0.1) is 30.5 Å². The summed E-state index contributed by atoms with van der Waals surface area (Å²) in [6.07, 6.45) is 3.26. The Hall–Kier alpha value is -3.07. The molecule has 13 heteroatoms. The van der Waals surface area contributed by atoms with Crippen LogP contribution in [0.15, 0.2) is 35.5 Å². The maximum atomic E-state index is 14.0. The third kappa shape index (κ3) is 13.0. The fourth-order valence-corrected chi connectivity index (χ4v) is 8.41. The number of amides is 1. The first-order chi connectivity index (χ1) is 27.1. The number of ether oxygens (including phenoxy) is 2. The van der Waals surface area contributed by atoms with Crippen molar-refractivity contribution in [3.63, 3.8) is 0 Å². The van der Waals surface area contributed by atoms with E-state index in [2.05, 4.69) is 0 Å². The Balaban J connectivity index is 2.05. The quantitative estimate of drug-likeness (QED) is 0.151. The third-order valence-corrected chi connectivity index (χ3v) is 12.7. The molecule has 2 fully saturated rings. The van der Waals surface area contributed by atoms with E-state index in [9.17, 15) is 49.5 Å². The van der Waals surface area contributed by atoms with Gasteiger partial charge in [-0.1, -0.05) is 59.8 Å². The molecular formula is C45H71NO12. The maximum absolute atomic E-state index is 14.0. The Bertz CT molecular complexity index is 1540. The van der Waals surface area contributed by atoms with Crippen LogP contribution in [0.1, 0.15) is 127 Å². The number of esters is 1. The average Bonchev–Trinajstić information content (AvgIpc) is 3.17. The van der Waals surface area contributed by atoms with Gasteiger partial charge in [-0.2, -0.15) is 0 Å². The van der Waals surface area contributed by atoms with E-state index in [4.69, 9.17) is 9.47 Å². The number of Topliss-reactive ketones (excluding diaryl/α,β-unsaturated/α-hetero) is 3. The number of nitrogens with zero attached hydrogens (tertiary/aromatic N) is 1. The summed E-state index contributed by atoms with van der Waals surface area (Å²) in [5.41, 5.74) is 1.16. The third-order valence-electron chi connectivity index (χ3n) is 12.7. The van der Waals surface area contributed by atoms with Crippen molar-refractivity contribution in [3.05, 3.63) is 35.5 Å². The number of aliphatic hydroxyl groups excluding tert-OH is 4. The SMILES string of the molecule is CCC1C=CC(C(C)=CC(C)C(C)=O)OC(=O)C2CCCCN2C(=O)C(=O)C2(O)OC(CCC2C)CC(O)C(C)C(O)CC(O)CC(O)C(C)=CC(C)CC(C)C1=O. The fourth-order valence-electron chi connectivity index (χ4n) is 8.41. The van der Waals surface area contributed by atoms with E-state index in [-0.39, 0.29) is 62.1 Å². The molecular weight excluding hydrogens is 746 g/mol. The molecule has 58 heavy (non-hydrogen) atoms. The first kappa shape index (κ1) is 49.3. The Labute approximate surface area is 344 Å². The monoisotopic (exact) mass is 817 g/mol. The number of cyclic esters (lactones) is 1. The van der Waals surface area contributed by atoms with Crippen LogP contribution in [0.3, 0.4) is 0 Å². The van der Waals surface area contributed by atoms with Crippen molar-refractivity contribution in [2.24, 2.45) is 35.5 Å². The van der Waals surface area contributed by atoms with Gasteiger partial charge in [-0.3, -0.25) is 19.2 Å². The van der Waals surface area contributed by atoms with Crippen LogP contribution >= 0.6 is 0 Å². The van der Waals surface area contributed by atoms with Crippen LogP contribution < -0.4 is 0 Å². The number of aliphatic hydroxyl groups is 5. The molecule has 14 atom stereocenters. The summed E-state index contributed by atoms with van der Waals surface area (Å²) in [4.78, 5) is 69.1. The summed E-state index contributed by atoms with van der Waals surface area (Å²) in [5.74, 6) is -8.81. The van der Waals surface area contributed by atoms with Crippen LogP contribution in [0.4, 0.5) is 0 Å². The molecule has 0 aromatic carbocycles. The second-order valence-corrected chi connectivity index (χ2v) is 17.6. The van der Waals surface area contributed by atoms with Gasteiger partial charge in [0.2, 0.25) is 5.79 Å². The van der Waals surface area contributed by atoms with E-state index in [1.54, 1.807) is 52.8 Å². The molecule has 5 N–H and O–H groups in total. The van der Waals surface area contributed by atoms with Crippen molar-refractivity contribution in [1.82, 2.24) is 4.90 Å². The van der Waals surface area contributed by atoms with Gasteiger partial charge in [0.1, 0.15) is 23.7 Å². The molecule has 328 valence electrons. The largest absolute Gasteiger partial charge is 0.452 e. The summed E-state index contributed by atoms with van der Waals surface area (Å²) in [7, 11) is 0. The van der Waals surface area contributed by atoms with E-state index in [0.29, 0.717) is 43.3 Å².